The molecule has 1 N–H and O–H groups in total. The zero-order valence-electron chi connectivity index (χ0n) is 41.1. The molecule has 4 atom stereocenters. The molecule has 4 heterocycles. The highest BCUT2D eigenvalue weighted by atomic mass is 32.1. The van der Waals surface area contributed by atoms with Crippen LogP contribution in [0.25, 0.3) is 32.0 Å². The standard InChI is InChI=1S/C57H67N7O4S2/c1-5-61(6-2)35-31-46(65)37-47(42-17-11-9-12-18-42)56(67)63-33-15-21-48(63)54-58-38-50(69-54)43-27-23-40(24-28-43)41-25-29-44(30-26-41)51-39-59-55(70-51)49-22-16-34-64(49)57(68)53(45-19-13-10-14-20-45)60-52(66)32-36-62(7-3)8-4/h9-14,17-20,23-30,38-39,47-49,53H,5-8,15-16,21-22,31-37H2,1-4H3,(H,60,66)/t47-,48+,49+,53-/m1/s1. The molecule has 2 aliphatic heterocycles. The summed E-state index contributed by atoms with van der Waals surface area (Å²) < 4.78 is 0. The molecule has 0 saturated carbocycles. The summed E-state index contributed by atoms with van der Waals surface area (Å²) in [4.78, 5) is 75.5. The Kier molecular flexibility index (Phi) is 17.5. The molecule has 3 amide bonds. The van der Waals surface area contributed by atoms with Crippen LogP contribution in [-0.2, 0) is 19.2 Å². The number of benzene rings is 4. The number of rotatable bonds is 22. The maximum absolute atomic E-state index is 14.4. The summed E-state index contributed by atoms with van der Waals surface area (Å²) in [5.41, 5.74) is 6.01. The Morgan fingerprint density at radius 2 is 1.03 bits per heavy atom. The van der Waals surface area contributed by atoms with Gasteiger partial charge in [-0.2, -0.15) is 0 Å². The van der Waals surface area contributed by atoms with Gasteiger partial charge in [-0.15, -0.1) is 22.7 Å². The van der Waals surface area contributed by atoms with Crippen molar-refractivity contribution in [3.63, 3.8) is 0 Å². The van der Waals surface area contributed by atoms with Crippen molar-refractivity contribution >= 4 is 46.2 Å². The fraction of sp³-hybridized carbons (Fsp3) is 0.404. The molecule has 0 bridgehead atoms. The number of nitrogens with one attached hydrogen (secondary N) is 1. The number of ketones is 1. The van der Waals surface area contributed by atoms with Crippen LogP contribution < -0.4 is 5.32 Å². The molecule has 70 heavy (non-hydrogen) atoms. The first kappa shape index (κ1) is 50.5. The number of hydrogen-bond donors (Lipinski definition) is 1. The van der Waals surface area contributed by atoms with Gasteiger partial charge in [-0.05, 0) is 85.2 Å². The molecule has 13 heteroatoms. The van der Waals surface area contributed by atoms with Crippen molar-refractivity contribution < 1.29 is 19.2 Å². The van der Waals surface area contributed by atoms with Gasteiger partial charge in [-0.1, -0.05) is 137 Å². The number of likely N-dealkylation sites (tertiary alicyclic amines) is 2. The highest BCUT2D eigenvalue weighted by molar-refractivity contribution is 7.15. The van der Waals surface area contributed by atoms with Crippen molar-refractivity contribution in [2.75, 3.05) is 52.4 Å². The Morgan fingerprint density at radius 1 is 0.586 bits per heavy atom. The molecule has 0 spiro atoms. The quantitative estimate of drug-likeness (QED) is 0.0714. The first-order chi connectivity index (χ1) is 34.2. The smallest absolute Gasteiger partial charge is 0.250 e. The van der Waals surface area contributed by atoms with E-state index in [0.29, 0.717) is 39.0 Å². The summed E-state index contributed by atoms with van der Waals surface area (Å²) in [6, 6.07) is 35.4. The van der Waals surface area contributed by atoms with Crippen molar-refractivity contribution in [3.05, 3.63) is 143 Å². The lowest BCUT2D eigenvalue weighted by Gasteiger charge is -2.29. The third-order valence-corrected chi connectivity index (χ3v) is 16.4. The molecule has 6 aromatic rings. The molecule has 0 radical (unpaired) electrons. The van der Waals surface area contributed by atoms with Crippen LogP contribution in [0.3, 0.4) is 0 Å². The maximum atomic E-state index is 14.4. The van der Waals surface area contributed by atoms with E-state index in [0.717, 1.165) is 105 Å². The second kappa shape index (κ2) is 24.3. The van der Waals surface area contributed by atoms with Crippen molar-refractivity contribution in [2.24, 2.45) is 0 Å². The number of aromatic nitrogens is 2. The number of hydrogen-bond acceptors (Lipinski definition) is 10. The van der Waals surface area contributed by atoms with Gasteiger partial charge in [0.1, 0.15) is 21.8 Å². The van der Waals surface area contributed by atoms with Crippen LogP contribution >= 0.6 is 22.7 Å². The minimum atomic E-state index is -0.761. The average Bonchev–Trinajstić information content (AvgIpc) is 4.26. The van der Waals surface area contributed by atoms with E-state index in [1.165, 1.54) is 0 Å². The monoisotopic (exact) mass is 977 g/mol. The van der Waals surface area contributed by atoms with Gasteiger partial charge in [0.25, 0.3) is 0 Å². The largest absolute Gasteiger partial charge is 0.340 e. The van der Waals surface area contributed by atoms with E-state index in [1.807, 2.05) is 82.9 Å². The van der Waals surface area contributed by atoms with E-state index < -0.39 is 12.0 Å². The van der Waals surface area contributed by atoms with Gasteiger partial charge in [0.2, 0.25) is 17.7 Å². The molecule has 8 rings (SSSR count). The molecular formula is C57H67N7O4S2. The lowest BCUT2D eigenvalue weighted by Crippen LogP contribution is -2.43. The zero-order chi connectivity index (χ0) is 49.0. The Morgan fingerprint density at radius 3 is 1.51 bits per heavy atom. The van der Waals surface area contributed by atoms with E-state index in [9.17, 15) is 19.2 Å². The summed E-state index contributed by atoms with van der Waals surface area (Å²) in [6.45, 7) is 14.6. The predicted molar refractivity (Wildman–Crippen MR) is 282 cm³/mol. The fourth-order valence-electron chi connectivity index (χ4n) is 9.90. The SMILES string of the molecule is CCN(CC)CCC(=O)C[C@@H](C(=O)N1CCC[C@H]1c1ncc(-c2ccc(-c3ccc(-c4cnc([C@@H]5CCCN5C(=O)[C@H](NC(=O)CCN(CC)CC)c5ccccc5)s4)cc3)cc2)s1)c1ccccc1. The maximum Gasteiger partial charge on any atom is 0.250 e. The van der Waals surface area contributed by atoms with Gasteiger partial charge >= 0.3 is 0 Å². The van der Waals surface area contributed by atoms with Gasteiger partial charge < -0.3 is 24.9 Å². The average molecular weight is 978 g/mol. The number of thiazole rings is 2. The van der Waals surface area contributed by atoms with Gasteiger partial charge in [0.05, 0.1) is 27.8 Å². The van der Waals surface area contributed by atoms with E-state index in [2.05, 4.69) is 91.3 Å². The minimum absolute atomic E-state index is 0.0115. The van der Waals surface area contributed by atoms with Crippen LogP contribution in [0.5, 0.6) is 0 Å². The molecule has 4 aromatic carbocycles. The first-order valence-electron chi connectivity index (χ1n) is 25.3. The molecule has 2 saturated heterocycles. The molecule has 2 fully saturated rings. The first-order valence-corrected chi connectivity index (χ1v) is 26.9. The Bertz CT molecular complexity index is 2460. The van der Waals surface area contributed by atoms with Crippen LogP contribution in [0.2, 0.25) is 0 Å². The Balaban J connectivity index is 0.905. The third kappa shape index (κ3) is 12.2. The van der Waals surface area contributed by atoms with Crippen LogP contribution in [0, 0.1) is 0 Å². The highest BCUT2D eigenvalue weighted by Crippen LogP contribution is 2.41. The van der Waals surface area contributed by atoms with Crippen LogP contribution in [0.15, 0.2) is 122 Å². The molecule has 2 aromatic heterocycles. The van der Waals surface area contributed by atoms with Crippen molar-refractivity contribution in [3.8, 4) is 32.0 Å². The lowest BCUT2D eigenvalue weighted by molar-refractivity contribution is -0.137. The number of carbonyl (C=O) groups is 4. The molecule has 0 aliphatic carbocycles. The van der Waals surface area contributed by atoms with E-state index in [-0.39, 0.29) is 42.0 Å². The molecule has 2 aliphatic rings. The summed E-state index contributed by atoms with van der Waals surface area (Å²) in [7, 11) is 0. The van der Waals surface area contributed by atoms with Crippen molar-refractivity contribution in [1.82, 2.24) is 34.9 Å². The normalized spacial score (nSPS) is 16.8. The minimum Gasteiger partial charge on any atom is -0.340 e. The van der Waals surface area contributed by atoms with Crippen LogP contribution in [-0.4, -0.2) is 105 Å². The number of Topliss-reactive ketones (excluding diaryl/α,β-unsaturated/α-hetero) is 1. The summed E-state index contributed by atoms with van der Waals surface area (Å²) in [5.74, 6) is -0.605. The number of amides is 3. The lowest BCUT2D eigenvalue weighted by atomic mass is 9.91. The second-order valence-electron chi connectivity index (χ2n) is 18.3. The van der Waals surface area contributed by atoms with E-state index >= 15 is 0 Å². The molecular weight excluding hydrogens is 911 g/mol. The second-order valence-corrected chi connectivity index (χ2v) is 20.5. The molecule has 366 valence electrons. The molecule has 0 unspecified atom stereocenters. The summed E-state index contributed by atoms with van der Waals surface area (Å²) in [5, 5.41) is 4.92. The highest BCUT2D eigenvalue weighted by Gasteiger charge is 2.38. The molecule has 11 nitrogen and oxygen atoms in total. The number of carbonyl (C=O) groups excluding carboxylic acids is 4. The van der Waals surface area contributed by atoms with Gasteiger partial charge in [0.15, 0.2) is 0 Å². The zero-order valence-corrected chi connectivity index (χ0v) is 42.7. The predicted octanol–water partition coefficient (Wildman–Crippen LogP) is 11.0. The summed E-state index contributed by atoms with van der Waals surface area (Å²) in [6.07, 6.45) is 8.27. The van der Waals surface area contributed by atoms with Crippen LogP contribution in [0.4, 0.5) is 0 Å². The van der Waals surface area contributed by atoms with E-state index in [1.54, 1.807) is 22.7 Å². The fourth-order valence-corrected chi connectivity index (χ4v) is 12.0. The van der Waals surface area contributed by atoms with Crippen molar-refractivity contribution in [1.29, 1.82) is 0 Å². The van der Waals surface area contributed by atoms with Crippen LogP contribution in [0.1, 0.15) is 118 Å². The third-order valence-electron chi connectivity index (χ3n) is 14.1. The number of nitrogens with zero attached hydrogens (tertiary/aromatic N) is 6. The Labute approximate surface area is 422 Å². The Hall–Kier alpha value is -5.86. The van der Waals surface area contributed by atoms with Gasteiger partial charge in [0, 0.05) is 57.8 Å². The van der Waals surface area contributed by atoms with Gasteiger partial charge in [-0.3, -0.25) is 19.2 Å². The topological polar surface area (TPSA) is 119 Å². The van der Waals surface area contributed by atoms with Gasteiger partial charge in [-0.25, -0.2) is 9.97 Å². The van der Waals surface area contributed by atoms with Crippen molar-refractivity contribution in [2.45, 2.75) is 96.7 Å². The summed E-state index contributed by atoms with van der Waals surface area (Å²) >= 11 is 3.26. The van der Waals surface area contributed by atoms with E-state index in [4.69, 9.17) is 9.97 Å².